The van der Waals surface area contributed by atoms with Crippen molar-refractivity contribution in [3.63, 3.8) is 0 Å². The first-order valence-electron chi connectivity index (χ1n) is 5.43. The minimum atomic E-state index is 0.924. The molecule has 1 aliphatic rings. The molecule has 2 heterocycles. The second kappa shape index (κ2) is 3.35. The first-order valence-corrected chi connectivity index (χ1v) is 5.43. The van der Waals surface area contributed by atoms with E-state index in [0.29, 0.717) is 0 Å². The number of aromatic nitrogens is 1. The molecule has 0 spiro atoms. The molecule has 0 bridgehead atoms. The van der Waals surface area contributed by atoms with Crippen LogP contribution in [0.4, 0.5) is 0 Å². The van der Waals surface area contributed by atoms with E-state index in [-0.39, 0.29) is 0 Å². The van der Waals surface area contributed by atoms with Gasteiger partial charge in [-0.1, -0.05) is 5.16 Å². The standard InChI is InChI=1S/C12H14N2O/c1-8-11-6-9-2-4-13-5-3-10(9)7-12(11)15-14-8/h6-7,13H,2-5H2,1H3. The first kappa shape index (κ1) is 8.92. The quantitative estimate of drug-likeness (QED) is 0.708. The van der Waals surface area contributed by atoms with Crippen LogP contribution in [0.2, 0.25) is 0 Å². The smallest absolute Gasteiger partial charge is 0.167 e. The van der Waals surface area contributed by atoms with Gasteiger partial charge in [0.15, 0.2) is 5.58 Å². The fourth-order valence-corrected chi connectivity index (χ4v) is 2.23. The lowest BCUT2D eigenvalue weighted by Crippen LogP contribution is -2.16. The van der Waals surface area contributed by atoms with E-state index in [9.17, 15) is 0 Å². The Kier molecular flexibility index (Phi) is 1.99. The van der Waals surface area contributed by atoms with Crippen LogP contribution >= 0.6 is 0 Å². The molecular weight excluding hydrogens is 188 g/mol. The van der Waals surface area contributed by atoms with Crippen molar-refractivity contribution in [1.29, 1.82) is 0 Å². The highest BCUT2D eigenvalue weighted by Crippen LogP contribution is 2.24. The summed E-state index contributed by atoms with van der Waals surface area (Å²) in [7, 11) is 0. The van der Waals surface area contributed by atoms with Crippen LogP contribution in [-0.4, -0.2) is 18.2 Å². The molecule has 1 aliphatic heterocycles. The van der Waals surface area contributed by atoms with Crippen LogP contribution in [0.15, 0.2) is 16.7 Å². The number of hydrogen-bond donors (Lipinski definition) is 1. The van der Waals surface area contributed by atoms with Gasteiger partial charge in [0.1, 0.15) is 0 Å². The van der Waals surface area contributed by atoms with Gasteiger partial charge in [0.05, 0.1) is 5.69 Å². The Morgan fingerprint density at radius 1 is 1.20 bits per heavy atom. The molecule has 0 saturated heterocycles. The van der Waals surface area contributed by atoms with Gasteiger partial charge in [0.2, 0.25) is 0 Å². The van der Waals surface area contributed by atoms with E-state index < -0.39 is 0 Å². The van der Waals surface area contributed by atoms with Crippen molar-refractivity contribution in [1.82, 2.24) is 10.5 Å². The normalized spacial score (nSPS) is 16.3. The Morgan fingerprint density at radius 2 is 1.93 bits per heavy atom. The largest absolute Gasteiger partial charge is 0.356 e. The van der Waals surface area contributed by atoms with Gasteiger partial charge in [-0.3, -0.25) is 0 Å². The van der Waals surface area contributed by atoms with E-state index in [1.54, 1.807) is 0 Å². The lowest BCUT2D eigenvalue weighted by molar-refractivity contribution is 0.450. The topological polar surface area (TPSA) is 38.1 Å². The lowest BCUT2D eigenvalue weighted by atomic mass is 10.0. The van der Waals surface area contributed by atoms with Gasteiger partial charge in [-0.2, -0.15) is 0 Å². The highest BCUT2D eigenvalue weighted by molar-refractivity contribution is 5.81. The Balaban J connectivity index is 2.22. The maximum Gasteiger partial charge on any atom is 0.167 e. The summed E-state index contributed by atoms with van der Waals surface area (Å²) in [6.07, 6.45) is 2.20. The third kappa shape index (κ3) is 1.43. The van der Waals surface area contributed by atoms with Gasteiger partial charge in [-0.15, -0.1) is 0 Å². The van der Waals surface area contributed by atoms with Crippen LogP contribution in [0.1, 0.15) is 16.8 Å². The van der Waals surface area contributed by atoms with Crippen molar-refractivity contribution in [2.45, 2.75) is 19.8 Å². The van der Waals surface area contributed by atoms with Crippen LogP contribution < -0.4 is 5.32 Å². The molecule has 0 unspecified atom stereocenters. The van der Waals surface area contributed by atoms with Crippen LogP contribution in [0.3, 0.4) is 0 Å². The van der Waals surface area contributed by atoms with Crippen LogP contribution in [0.5, 0.6) is 0 Å². The number of fused-ring (bicyclic) bond motifs is 2. The Bertz CT molecular complexity index is 502. The summed E-state index contributed by atoms with van der Waals surface area (Å²) >= 11 is 0. The Hall–Kier alpha value is -1.35. The molecule has 15 heavy (non-hydrogen) atoms. The Morgan fingerprint density at radius 3 is 2.73 bits per heavy atom. The molecule has 0 radical (unpaired) electrons. The third-order valence-electron chi connectivity index (χ3n) is 3.11. The van der Waals surface area contributed by atoms with Crippen molar-refractivity contribution in [3.8, 4) is 0 Å². The van der Waals surface area contributed by atoms with E-state index in [4.69, 9.17) is 4.52 Å². The maximum absolute atomic E-state index is 5.29. The van der Waals surface area contributed by atoms with Crippen LogP contribution in [0, 0.1) is 6.92 Å². The van der Waals surface area contributed by atoms with Crippen molar-refractivity contribution < 1.29 is 4.52 Å². The van der Waals surface area contributed by atoms with Crippen LogP contribution in [0.25, 0.3) is 11.0 Å². The molecule has 0 fully saturated rings. The second-order valence-electron chi connectivity index (χ2n) is 4.14. The average molecular weight is 202 g/mol. The Labute approximate surface area is 88.4 Å². The van der Waals surface area contributed by atoms with E-state index in [2.05, 4.69) is 22.6 Å². The van der Waals surface area contributed by atoms with Gasteiger partial charge in [-0.05, 0) is 56.1 Å². The zero-order valence-corrected chi connectivity index (χ0v) is 8.84. The third-order valence-corrected chi connectivity index (χ3v) is 3.11. The molecule has 0 atom stereocenters. The number of benzene rings is 1. The van der Waals surface area contributed by atoms with E-state index in [1.165, 1.54) is 11.1 Å². The molecule has 1 N–H and O–H groups in total. The number of hydrogen-bond acceptors (Lipinski definition) is 3. The van der Waals surface area contributed by atoms with E-state index in [0.717, 1.165) is 42.6 Å². The van der Waals surface area contributed by atoms with Crippen molar-refractivity contribution in [3.05, 3.63) is 29.0 Å². The molecule has 0 aliphatic carbocycles. The summed E-state index contributed by atoms with van der Waals surface area (Å²) in [6.45, 7) is 4.13. The minimum absolute atomic E-state index is 0.924. The van der Waals surface area contributed by atoms with Crippen molar-refractivity contribution in [2.24, 2.45) is 0 Å². The van der Waals surface area contributed by atoms with Crippen molar-refractivity contribution in [2.75, 3.05) is 13.1 Å². The fourth-order valence-electron chi connectivity index (χ4n) is 2.23. The SMILES string of the molecule is Cc1noc2cc3c(cc12)CCNCC3. The minimum Gasteiger partial charge on any atom is -0.356 e. The van der Waals surface area contributed by atoms with Gasteiger partial charge < -0.3 is 9.84 Å². The summed E-state index contributed by atoms with van der Waals surface area (Å²) in [5.74, 6) is 0. The number of aryl methyl sites for hydroxylation is 1. The molecule has 3 nitrogen and oxygen atoms in total. The molecule has 0 saturated carbocycles. The molecule has 2 aromatic rings. The number of nitrogens with zero attached hydrogens (tertiary/aromatic N) is 1. The predicted molar refractivity (Wildman–Crippen MR) is 59.0 cm³/mol. The summed E-state index contributed by atoms with van der Waals surface area (Å²) in [5.41, 5.74) is 4.76. The molecule has 1 aromatic carbocycles. The van der Waals surface area contributed by atoms with Crippen LogP contribution in [-0.2, 0) is 12.8 Å². The molecule has 1 aromatic heterocycles. The highest BCUT2D eigenvalue weighted by atomic mass is 16.5. The van der Waals surface area contributed by atoms with E-state index >= 15 is 0 Å². The zero-order valence-electron chi connectivity index (χ0n) is 8.84. The second-order valence-corrected chi connectivity index (χ2v) is 4.14. The lowest BCUT2D eigenvalue weighted by Gasteiger charge is -2.03. The number of rotatable bonds is 0. The van der Waals surface area contributed by atoms with E-state index in [1.807, 2.05) is 6.92 Å². The molecule has 3 rings (SSSR count). The predicted octanol–water partition coefficient (Wildman–Crippen LogP) is 1.82. The van der Waals surface area contributed by atoms with Gasteiger partial charge in [0.25, 0.3) is 0 Å². The summed E-state index contributed by atoms with van der Waals surface area (Å²) < 4.78 is 5.29. The van der Waals surface area contributed by atoms with Gasteiger partial charge in [0, 0.05) is 5.39 Å². The average Bonchev–Trinajstić information content (AvgIpc) is 2.49. The number of nitrogens with one attached hydrogen (secondary N) is 1. The summed E-state index contributed by atoms with van der Waals surface area (Å²) in [5, 5.41) is 8.57. The van der Waals surface area contributed by atoms with Crippen molar-refractivity contribution >= 4 is 11.0 Å². The molecule has 3 heteroatoms. The molecule has 0 amide bonds. The van der Waals surface area contributed by atoms with Gasteiger partial charge in [-0.25, -0.2) is 0 Å². The fraction of sp³-hybridized carbons (Fsp3) is 0.417. The molecule has 78 valence electrons. The first-order chi connectivity index (χ1) is 7.34. The summed E-state index contributed by atoms with van der Waals surface area (Å²) in [6, 6.07) is 4.39. The molecular formula is C12H14N2O. The summed E-state index contributed by atoms with van der Waals surface area (Å²) in [4.78, 5) is 0. The zero-order chi connectivity index (χ0) is 10.3. The van der Waals surface area contributed by atoms with Gasteiger partial charge >= 0.3 is 0 Å². The maximum atomic E-state index is 5.29. The monoisotopic (exact) mass is 202 g/mol. The highest BCUT2D eigenvalue weighted by Gasteiger charge is 2.12.